The maximum absolute atomic E-state index is 5.00. The summed E-state index contributed by atoms with van der Waals surface area (Å²) in [5.41, 5.74) is 3.53. The summed E-state index contributed by atoms with van der Waals surface area (Å²) in [7, 11) is 0. The molecule has 0 aromatic heterocycles. The van der Waals surface area contributed by atoms with E-state index in [-0.39, 0.29) is 0 Å². The molecule has 25 heavy (non-hydrogen) atoms. The number of amidine groups is 2. The Morgan fingerprint density at radius 3 is 2.52 bits per heavy atom. The summed E-state index contributed by atoms with van der Waals surface area (Å²) in [5, 5.41) is 4.45. The molecule has 4 heteroatoms. The summed E-state index contributed by atoms with van der Waals surface area (Å²) < 4.78 is 0. The second-order valence-corrected chi connectivity index (χ2v) is 7.54. The molecular weight excluding hydrogens is 326 g/mol. The molecule has 2 aromatic rings. The van der Waals surface area contributed by atoms with Gasteiger partial charge in [-0.15, -0.1) is 0 Å². The molecule has 1 heterocycles. The Balaban J connectivity index is 1.70. The van der Waals surface area contributed by atoms with E-state index in [1.165, 1.54) is 37.7 Å². The van der Waals surface area contributed by atoms with Gasteiger partial charge in [0.2, 0.25) is 0 Å². The normalized spacial score (nSPS) is 22.2. The van der Waals surface area contributed by atoms with E-state index in [4.69, 9.17) is 9.98 Å². The van der Waals surface area contributed by atoms with Crippen molar-refractivity contribution in [3.05, 3.63) is 65.7 Å². The molecular formula is C21H23N3S. The van der Waals surface area contributed by atoms with Crippen LogP contribution in [0.2, 0.25) is 0 Å². The van der Waals surface area contributed by atoms with Gasteiger partial charge in [-0.1, -0.05) is 79.6 Å². The van der Waals surface area contributed by atoms with Crippen LogP contribution >= 0.6 is 11.8 Å². The van der Waals surface area contributed by atoms with Crippen LogP contribution in [0.25, 0.3) is 0 Å². The van der Waals surface area contributed by atoms with Crippen molar-refractivity contribution in [2.45, 2.75) is 43.9 Å². The Bertz CT molecular complexity index is 777. The van der Waals surface area contributed by atoms with Gasteiger partial charge in [-0.05, 0) is 24.5 Å². The summed E-state index contributed by atoms with van der Waals surface area (Å²) in [4.78, 5) is 9.91. The van der Waals surface area contributed by atoms with Crippen molar-refractivity contribution in [2.75, 3.05) is 5.32 Å². The van der Waals surface area contributed by atoms with Crippen molar-refractivity contribution in [3.63, 3.8) is 0 Å². The zero-order valence-electron chi connectivity index (χ0n) is 14.3. The number of fused-ring (bicyclic) bond motifs is 1. The van der Waals surface area contributed by atoms with E-state index in [0.717, 1.165) is 28.0 Å². The molecule has 0 bridgehead atoms. The van der Waals surface area contributed by atoms with Crippen LogP contribution in [0, 0.1) is 0 Å². The molecule has 2 aliphatic rings. The standard InChI is InChI=1S/C21H23N3S/c1-3-9-16(10-4-1)20-23-19-14-8-7-11-17(19)15-25-21(24-20)22-18-12-5-2-6-13-18/h1,3-4,7-11,14,18H,2,5-6,12-13,15H2,(H,22,23,24). The second-order valence-electron chi connectivity index (χ2n) is 6.60. The molecule has 0 radical (unpaired) electrons. The van der Waals surface area contributed by atoms with Gasteiger partial charge in [-0.3, -0.25) is 4.99 Å². The van der Waals surface area contributed by atoms with Crippen molar-refractivity contribution in [1.82, 2.24) is 0 Å². The smallest absolute Gasteiger partial charge is 0.185 e. The molecule has 1 aliphatic heterocycles. The predicted molar refractivity (Wildman–Crippen MR) is 109 cm³/mol. The third-order valence-corrected chi connectivity index (χ3v) is 5.66. The second kappa shape index (κ2) is 7.87. The Labute approximate surface area is 153 Å². The van der Waals surface area contributed by atoms with E-state index in [9.17, 15) is 0 Å². The van der Waals surface area contributed by atoms with Crippen LogP contribution in [0.5, 0.6) is 0 Å². The van der Waals surface area contributed by atoms with Crippen molar-refractivity contribution < 1.29 is 0 Å². The summed E-state index contributed by atoms with van der Waals surface area (Å²) in [5.74, 6) is 1.79. The first-order valence-corrected chi connectivity index (χ1v) is 10.1. The summed E-state index contributed by atoms with van der Waals surface area (Å²) in [6.07, 6.45) is 6.33. The van der Waals surface area contributed by atoms with E-state index in [2.05, 4.69) is 53.8 Å². The Kier molecular flexibility index (Phi) is 5.17. The molecule has 0 unspecified atom stereocenters. The average Bonchev–Trinajstić information content (AvgIpc) is 2.66. The Hall–Kier alpha value is -2.07. The number of nitrogens with zero attached hydrogens (tertiary/aromatic N) is 2. The number of para-hydroxylation sites is 1. The topological polar surface area (TPSA) is 36.8 Å². The van der Waals surface area contributed by atoms with Gasteiger partial charge in [0, 0.05) is 17.0 Å². The highest BCUT2D eigenvalue weighted by molar-refractivity contribution is 8.13. The third kappa shape index (κ3) is 4.13. The van der Waals surface area contributed by atoms with E-state index < -0.39 is 0 Å². The molecule has 0 saturated heterocycles. The fraction of sp³-hybridized carbons (Fsp3) is 0.333. The number of anilines is 1. The first-order chi connectivity index (χ1) is 12.4. The highest BCUT2D eigenvalue weighted by atomic mass is 32.2. The van der Waals surface area contributed by atoms with Crippen LogP contribution in [-0.4, -0.2) is 17.0 Å². The van der Waals surface area contributed by atoms with Crippen LogP contribution in [-0.2, 0) is 5.75 Å². The number of thioether (sulfide) groups is 1. The van der Waals surface area contributed by atoms with Crippen molar-refractivity contribution in [2.24, 2.45) is 9.98 Å². The highest BCUT2D eigenvalue weighted by Gasteiger charge is 2.17. The summed E-state index contributed by atoms with van der Waals surface area (Å²) in [6.45, 7) is 0. The minimum atomic E-state index is 0.437. The number of hydrogen-bond donors (Lipinski definition) is 1. The van der Waals surface area contributed by atoms with Crippen LogP contribution in [0.3, 0.4) is 0 Å². The molecule has 1 N–H and O–H groups in total. The highest BCUT2D eigenvalue weighted by Crippen LogP contribution is 2.28. The minimum Gasteiger partial charge on any atom is -0.339 e. The Morgan fingerprint density at radius 1 is 0.920 bits per heavy atom. The lowest BCUT2D eigenvalue weighted by Gasteiger charge is -2.20. The lowest BCUT2D eigenvalue weighted by atomic mass is 9.96. The third-order valence-electron chi connectivity index (χ3n) is 4.75. The molecule has 1 aliphatic carbocycles. The fourth-order valence-electron chi connectivity index (χ4n) is 3.36. The molecule has 1 fully saturated rings. The maximum atomic E-state index is 5.00. The van der Waals surface area contributed by atoms with E-state index in [0.29, 0.717) is 6.04 Å². The molecule has 4 rings (SSSR count). The van der Waals surface area contributed by atoms with E-state index in [1.807, 2.05) is 6.07 Å². The number of rotatable bonds is 2. The van der Waals surface area contributed by atoms with Crippen LogP contribution in [0.1, 0.15) is 43.2 Å². The van der Waals surface area contributed by atoms with Gasteiger partial charge < -0.3 is 5.32 Å². The van der Waals surface area contributed by atoms with Gasteiger partial charge in [0.1, 0.15) is 5.84 Å². The predicted octanol–water partition coefficient (Wildman–Crippen LogP) is 5.48. The molecule has 1 saturated carbocycles. The molecule has 0 amide bonds. The lowest BCUT2D eigenvalue weighted by Crippen LogP contribution is -2.19. The SMILES string of the molecule is c1ccc(/C2=N/C(=NC3CCCCC3)SCc3ccccc3N2)cc1. The molecule has 0 atom stereocenters. The number of nitrogens with one attached hydrogen (secondary N) is 1. The number of aliphatic imine (C=N–C) groups is 2. The van der Waals surface area contributed by atoms with Gasteiger partial charge in [0.25, 0.3) is 0 Å². The minimum absolute atomic E-state index is 0.437. The maximum Gasteiger partial charge on any atom is 0.185 e. The average molecular weight is 350 g/mol. The van der Waals surface area contributed by atoms with Crippen molar-refractivity contribution in [1.29, 1.82) is 0 Å². The van der Waals surface area contributed by atoms with Gasteiger partial charge in [0.15, 0.2) is 5.17 Å². The summed E-state index contributed by atoms with van der Waals surface area (Å²) in [6, 6.07) is 19.2. The van der Waals surface area contributed by atoms with Crippen molar-refractivity contribution in [3.8, 4) is 0 Å². The number of benzene rings is 2. The first-order valence-electron chi connectivity index (χ1n) is 9.08. The summed E-state index contributed by atoms with van der Waals surface area (Å²) >= 11 is 1.75. The molecule has 2 aromatic carbocycles. The first kappa shape index (κ1) is 16.4. The van der Waals surface area contributed by atoms with Crippen LogP contribution < -0.4 is 5.32 Å². The molecule has 3 nitrogen and oxygen atoms in total. The van der Waals surface area contributed by atoms with Crippen LogP contribution in [0.15, 0.2) is 64.6 Å². The monoisotopic (exact) mass is 349 g/mol. The zero-order chi connectivity index (χ0) is 16.9. The quantitative estimate of drug-likeness (QED) is 0.779. The fourth-order valence-corrected chi connectivity index (χ4v) is 4.27. The Morgan fingerprint density at radius 2 is 1.68 bits per heavy atom. The van der Waals surface area contributed by atoms with Crippen LogP contribution in [0.4, 0.5) is 5.69 Å². The van der Waals surface area contributed by atoms with Crippen molar-refractivity contribution >= 4 is 28.5 Å². The van der Waals surface area contributed by atoms with Gasteiger partial charge in [0.05, 0.1) is 6.04 Å². The zero-order valence-corrected chi connectivity index (χ0v) is 15.1. The van der Waals surface area contributed by atoms with E-state index >= 15 is 0 Å². The van der Waals surface area contributed by atoms with E-state index in [1.54, 1.807) is 11.8 Å². The van der Waals surface area contributed by atoms with Gasteiger partial charge in [-0.2, -0.15) is 0 Å². The van der Waals surface area contributed by atoms with Gasteiger partial charge >= 0.3 is 0 Å². The molecule has 128 valence electrons. The molecule has 0 spiro atoms. The largest absolute Gasteiger partial charge is 0.339 e. The van der Waals surface area contributed by atoms with Gasteiger partial charge in [-0.25, -0.2) is 4.99 Å². The lowest BCUT2D eigenvalue weighted by molar-refractivity contribution is 0.444. The number of hydrogen-bond acceptors (Lipinski definition) is 3.